The second-order valence-electron chi connectivity index (χ2n) is 5.56. The molecule has 1 aliphatic rings. The molecule has 0 fully saturated rings. The van der Waals surface area contributed by atoms with Crippen LogP contribution in [0.5, 0.6) is 0 Å². The summed E-state index contributed by atoms with van der Waals surface area (Å²) in [6, 6.07) is 17.3. The molecule has 0 spiro atoms. The predicted molar refractivity (Wildman–Crippen MR) is 93.3 cm³/mol. The molecule has 1 heterocycles. The second-order valence-corrected chi connectivity index (χ2v) is 6.81. The first kappa shape index (κ1) is 13.1. The Balaban J connectivity index is 1.54. The Morgan fingerprint density at radius 3 is 2.86 bits per heavy atom. The molecule has 2 aromatic carbocycles. The van der Waals surface area contributed by atoms with E-state index < -0.39 is 0 Å². The third kappa shape index (κ3) is 2.50. The van der Waals surface area contributed by atoms with Crippen molar-refractivity contribution in [1.29, 1.82) is 0 Å². The Kier molecular flexibility index (Phi) is 3.30. The first-order valence-corrected chi connectivity index (χ1v) is 8.24. The fraction of sp³-hybridized carbons (Fsp3) is 0.167. The van der Waals surface area contributed by atoms with Gasteiger partial charge in [0.05, 0.1) is 6.20 Å². The van der Waals surface area contributed by atoms with Crippen LogP contribution in [0.2, 0.25) is 0 Å². The molecule has 1 unspecified atom stereocenters. The molecule has 0 aliphatic heterocycles. The topological polar surface area (TPSA) is 17.8 Å². The summed E-state index contributed by atoms with van der Waals surface area (Å²) in [5, 5.41) is 4.53. The SMILES string of the molecule is Ic1cccc(-c2cnn(CC3Cc4ccccc43)c2)c1. The van der Waals surface area contributed by atoms with Gasteiger partial charge in [0, 0.05) is 27.8 Å². The van der Waals surface area contributed by atoms with Crippen LogP contribution in [0.1, 0.15) is 17.0 Å². The number of rotatable bonds is 3. The van der Waals surface area contributed by atoms with Crippen molar-refractivity contribution in [1.82, 2.24) is 9.78 Å². The minimum Gasteiger partial charge on any atom is -0.271 e. The molecule has 2 nitrogen and oxygen atoms in total. The second kappa shape index (κ2) is 5.30. The van der Waals surface area contributed by atoms with Crippen LogP contribution >= 0.6 is 22.6 Å². The van der Waals surface area contributed by atoms with Crippen molar-refractivity contribution in [2.45, 2.75) is 18.9 Å². The van der Waals surface area contributed by atoms with E-state index in [2.05, 4.69) is 87.1 Å². The fourth-order valence-electron chi connectivity index (χ4n) is 3.03. The van der Waals surface area contributed by atoms with Crippen LogP contribution in [0.15, 0.2) is 60.9 Å². The summed E-state index contributed by atoms with van der Waals surface area (Å²) in [6.07, 6.45) is 5.30. The Bertz CT molecular complexity index is 791. The molecule has 0 amide bonds. The van der Waals surface area contributed by atoms with E-state index in [0.29, 0.717) is 5.92 Å². The van der Waals surface area contributed by atoms with Crippen molar-refractivity contribution in [2.24, 2.45) is 0 Å². The molecule has 0 bridgehead atoms. The first-order chi connectivity index (χ1) is 10.3. The lowest BCUT2D eigenvalue weighted by molar-refractivity contribution is 0.475. The van der Waals surface area contributed by atoms with Gasteiger partial charge < -0.3 is 0 Å². The summed E-state index contributed by atoms with van der Waals surface area (Å²) < 4.78 is 3.33. The molecule has 104 valence electrons. The maximum absolute atomic E-state index is 4.53. The standard InChI is InChI=1S/C18H15IN2/c19-17-6-3-5-13(9-17)16-10-20-21(12-16)11-15-8-14-4-1-2-7-18(14)15/h1-7,9-10,12,15H,8,11H2. The van der Waals surface area contributed by atoms with Crippen LogP contribution in [-0.2, 0) is 13.0 Å². The van der Waals surface area contributed by atoms with Gasteiger partial charge in [-0.2, -0.15) is 5.10 Å². The molecule has 0 saturated carbocycles. The van der Waals surface area contributed by atoms with Crippen LogP contribution in [0.3, 0.4) is 0 Å². The van der Waals surface area contributed by atoms with Gasteiger partial charge in [-0.1, -0.05) is 36.4 Å². The number of aromatic nitrogens is 2. The maximum atomic E-state index is 4.53. The van der Waals surface area contributed by atoms with Crippen LogP contribution in [0.4, 0.5) is 0 Å². The number of benzene rings is 2. The number of halogens is 1. The summed E-state index contributed by atoms with van der Waals surface area (Å²) in [5.41, 5.74) is 5.42. The predicted octanol–water partition coefficient (Wildman–Crippen LogP) is 4.49. The number of hydrogen-bond donors (Lipinski definition) is 0. The van der Waals surface area contributed by atoms with Crippen LogP contribution in [0, 0.1) is 3.57 Å². The Morgan fingerprint density at radius 1 is 1.10 bits per heavy atom. The molecule has 3 heteroatoms. The molecular weight excluding hydrogens is 371 g/mol. The summed E-state index contributed by atoms with van der Waals surface area (Å²) in [7, 11) is 0. The van der Waals surface area contributed by atoms with Crippen molar-refractivity contribution in [3.8, 4) is 11.1 Å². The minimum absolute atomic E-state index is 0.616. The van der Waals surface area contributed by atoms with E-state index in [0.717, 1.165) is 6.54 Å². The molecule has 21 heavy (non-hydrogen) atoms. The van der Waals surface area contributed by atoms with Gasteiger partial charge in [-0.25, -0.2) is 0 Å². The van der Waals surface area contributed by atoms with Crippen LogP contribution < -0.4 is 0 Å². The Hall–Kier alpha value is -1.62. The zero-order chi connectivity index (χ0) is 14.2. The molecule has 3 aromatic rings. The van der Waals surface area contributed by atoms with Gasteiger partial charge >= 0.3 is 0 Å². The highest BCUT2D eigenvalue weighted by atomic mass is 127. The normalized spacial score (nSPS) is 16.3. The summed E-state index contributed by atoms with van der Waals surface area (Å²) >= 11 is 2.35. The first-order valence-electron chi connectivity index (χ1n) is 7.16. The third-order valence-corrected chi connectivity index (χ3v) is 4.83. The van der Waals surface area contributed by atoms with E-state index in [1.165, 1.54) is 32.2 Å². The average Bonchev–Trinajstić information content (AvgIpc) is 2.94. The fourth-order valence-corrected chi connectivity index (χ4v) is 3.58. The van der Waals surface area contributed by atoms with E-state index in [4.69, 9.17) is 0 Å². The molecular formula is C18H15IN2. The molecule has 1 aliphatic carbocycles. The van der Waals surface area contributed by atoms with Crippen molar-refractivity contribution in [3.05, 3.63) is 75.6 Å². The number of fused-ring (bicyclic) bond motifs is 1. The van der Waals surface area contributed by atoms with Gasteiger partial charge in [0.1, 0.15) is 0 Å². The van der Waals surface area contributed by atoms with E-state index in [9.17, 15) is 0 Å². The highest BCUT2D eigenvalue weighted by Gasteiger charge is 2.25. The maximum Gasteiger partial charge on any atom is 0.0568 e. The Morgan fingerprint density at radius 2 is 2.00 bits per heavy atom. The van der Waals surface area contributed by atoms with Gasteiger partial charge in [-0.15, -0.1) is 0 Å². The monoisotopic (exact) mass is 386 g/mol. The van der Waals surface area contributed by atoms with Crippen LogP contribution in [-0.4, -0.2) is 9.78 Å². The lowest BCUT2D eigenvalue weighted by Gasteiger charge is -2.29. The molecule has 0 radical (unpaired) electrons. The zero-order valence-corrected chi connectivity index (χ0v) is 13.7. The highest BCUT2D eigenvalue weighted by Crippen LogP contribution is 2.36. The molecule has 1 aromatic heterocycles. The van der Waals surface area contributed by atoms with E-state index in [1.54, 1.807) is 0 Å². The van der Waals surface area contributed by atoms with Gasteiger partial charge in [0.15, 0.2) is 0 Å². The van der Waals surface area contributed by atoms with Gasteiger partial charge in [0.25, 0.3) is 0 Å². The molecule has 0 saturated heterocycles. The van der Waals surface area contributed by atoms with Crippen molar-refractivity contribution in [2.75, 3.05) is 0 Å². The van der Waals surface area contributed by atoms with E-state index >= 15 is 0 Å². The minimum atomic E-state index is 0.616. The lowest BCUT2D eigenvalue weighted by Crippen LogP contribution is -2.22. The van der Waals surface area contributed by atoms with Crippen LogP contribution in [0.25, 0.3) is 11.1 Å². The Labute approximate surface area is 138 Å². The molecule has 0 N–H and O–H groups in total. The summed E-state index contributed by atoms with van der Waals surface area (Å²) in [5.74, 6) is 0.616. The average molecular weight is 386 g/mol. The van der Waals surface area contributed by atoms with Gasteiger partial charge in [0.2, 0.25) is 0 Å². The van der Waals surface area contributed by atoms with Crippen molar-refractivity contribution < 1.29 is 0 Å². The summed E-state index contributed by atoms with van der Waals surface area (Å²) in [4.78, 5) is 0. The number of hydrogen-bond acceptors (Lipinski definition) is 1. The highest BCUT2D eigenvalue weighted by molar-refractivity contribution is 14.1. The molecule has 4 rings (SSSR count). The smallest absolute Gasteiger partial charge is 0.0568 e. The van der Waals surface area contributed by atoms with Gasteiger partial charge in [-0.05, 0) is 57.8 Å². The quantitative estimate of drug-likeness (QED) is 0.607. The number of nitrogens with zero attached hydrogens (tertiary/aromatic N) is 2. The van der Waals surface area contributed by atoms with Gasteiger partial charge in [-0.3, -0.25) is 4.68 Å². The zero-order valence-electron chi connectivity index (χ0n) is 11.5. The lowest BCUT2D eigenvalue weighted by atomic mass is 9.78. The third-order valence-electron chi connectivity index (χ3n) is 4.16. The molecule has 1 atom stereocenters. The van der Waals surface area contributed by atoms with Crippen molar-refractivity contribution in [3.63, 3.8) is 0 Å². The van der Waals surface area contributed by atoms with E-state index in [-0.39, 0.29) is 0 Å². The summed E-state index contributed by atoms with van der Waals surface area (Å²) in [6.45, 7) is 0.973. The van der Waals surface area contributed by atoms with Crippen molar-refractivity contribution >= 4 is 22.6 Å². The largest absolute Gasteiger partial charge is 0.271 e. The van der Waals surface area contributed by atoms with E-state index in [1.807, 2.05) is 6.20 Å².